The highest BCUT2D eigenvalue weighted by Gasteiger charge is 2.30. The third-order valence-electron chi connectivity index (χ3n) is 3.46. The fraction of sp³-hybridized carbons (Fsp3) is 0.526. The van der Waals surface area contributed by atoms with E-state index < -0.39 is 11.7 Å². The minimum absolute atomic E-state index is 0.0371. The van der Waals surface area contributed by atoms with Crippen LogP contribution in [-0.4, -0.2) is 24.9 Å². The molecule has 1 aromatic carbocycles. The SMILES string of the molecule is COC(C#Cc1cc(C)ccc1NC(=O)OC(C)(C)C)C1CC1. The van der Waals surface area contributed by atoms with Crippen LogP contribution in [0.25, 0.3) is 0 Å². The number of hydrogen-bond acceptors (Lipinski definition) is 3. The molecule has 1 amide bonds. The van der Waals surface area contributed by atoms with Crippen LogP contribution in [0, 0.1) is 24.7 Å². The number of hydrogen-bond donors (Lipinski definition) is 1. The maximum atomic E-state index is 12.0. The van der Waals surface area contributed by atoms with Crippen LogP contribution in [-0.2, 0) is 9.47 Å². The Morgan fingerprint density at radius 1 is 1.35 bits per heavy atom. The molecule has 1 aliphatic carbocycles. The van der Waals surface area contributed by atoms with Gasteiger partial charge < -0.3 is 9.47 Å². The fourth-order valence-electron chi connectivity index (χ4n) is 2.20. The second-order valence-electron chi connectivity index (χ2n) is 6.94. The Morgan fingerprint density at radius 2 is 2.04 bits per heavy atom. The molecule has 0 heterocycles. The molecule has 4 heteroatoms. The van der Waals surface area contributed by atoms with Gasteiger partial charge in [-0.3, -0.25) is 5.32 Å². The van der Waals surface area contributed by atoms with Crippen LogP contribution in [0.5, 0.6) is 0 Å². The van der Waals surface area contributed by atoms with Crippen molar-refractivity contribution in [2.24, 2.45) is 5.92 Å². The number of rotatable bonds is 3. The molecule has 0 spiro atoms. The van der Waals surface area contributed by atoms with Gasteiger partial charge in [0, 0.05) is 12.7 Å². The average Bonchev–Trinajstić information content (AvgIpc) is 3.25. The van der Waals surface area contributed by atoms with Gasteiger partial charge in [0.1, 0.15) is 11.7 Å². The van der Waals surface area contributed by atoms with Gasteiger partial charge >= 0.3 is 6.09 Å². The second-order valence-corrected chi connectivity index (χ2v) is 6.94. The molecule has 1 fully saturated rings. The first-order chi connectivity index (χ1) is 10.8. The summed E-state index contributed by atoms with van der Waals surface area (Å²) in [6.07, 6.45) is 1.83. The van der Waals surface area contributed by atoms with Gasteiger partial charge in [-0.05, 0) is 64.2 Å². The van der Waals surface area contributed by atoms with Crippen molar-refractivity contribution in [3.05, 3.63) is 29.3 Å². The van der Waals surface area contributed by atoms with E-state index in [1.54, 1.807) is 7.11 Å². The number of carbonyl (C=O) groups excluding carboxylic acids is 1. The van der Waals surface area contributed by atoms with Crippen molar-refractivity contribution >= 4 is 11.8 Å². The summed E-state index contributed by atoms with van der Waals surface area (Å²) in [5, 5.41) is 2.78. The van der Waals surface area contributed by atoms with Gasteiger partial charge in [0.25, 0.3) is 0 Å². The van der Waals surface area contributed by atoms with Crippen LogP contribution in [0.3, 0.4) is 0 Å². The van der Waals surface area contributed by atoms with Crippen molar-refractivity contribution in [2.45, 2.75) is 52.2 Å². The molecule has 1 unspecified atom stereocenters. The van der Waals surface area contributed by atoms with E-state index in [0.717, 1.165) is 11.1 Å². The van der Waals surface area contributed by atoms with E-state index in [-0.39, 0.29) is 6.10 Å². The Kier molecular flexibility index (Phi) is 5.33. The van der Waals surface area contributed by atoms with E-state index in [1.807, 2.05) is 45.9 Å². The normalized spacial score (nSPS) is 15.3. The Bertz CT molecular complexity index is 630. The maximum Gasteiger partial charge on any atom is 0.412 e. The van der Waals surface area contributed by atoms with Crippen LogP contribution in [0.4, 0.5) is 10.5 Å². The predicted octanol–water partition coefficient (Wildman–Crippen LogP) is 4.12. The van der Waals surface area contributed by atoms with E-state index in [0.29, 0.717) is 11.6 Å². The molecule has 23 heavy (non-hydrogen) atoms. The smallest absolute Gasteiger partial charge is 0.412 e. The number of carbonyl (C=O) groups is 1. The van der Waals surface area contributed by atoms with Gasteiger partial charge in [-0.25, -0.2) is 4.79 Å². The molecule has 124 valence electrons. The maximum absolute atomic E-state index is 12.0. The lowest BCUT2D eigenvalue weighted by Crippen LogP contribution is -2.27. The number of methoxy groups -OCH3 is 1. The molecule has 2 rings (SSSR count). The zero-order chi connectivity index (χ0) is 17.0. The summed E-state index contributed by atoms with van der Waals surface area (Å²) in [7, 11) is 1.69. The summed E-state index contributed by atoms with van der Waals surface area (Å²) in [4.78, 5) is 12.0. The first kappa shape index (κ1) is 17.4. The molecule has 0 saturated heterocycles. The summed E-state index contributed by atoms with van der Waals surface area (Å²) >= 11 is 0. The Morgan fingerprint density at radius 3 is 2.61 bits per heavy atom. The lowest BCUT2D eigenvalue weighted by molar-refractivity contribution is 0.0636. The zero-order valence-corrected chi connectivity index (χ0v) is 14.5. The van der Waals surface area contributed by atoms with Crippen molar-refractivity contribution in [1.82, 2.24) is 0 Å². The molecular formula is C19H25NO3. The number of benzene rings is 1. The van der Waals surface area contributed by atoms with Crippen LogP contribution < -0.4 is 5.32 Å². The molecular weight excluding hydrogens is 290 g/mol. The molecule has 0 aromatic heterocycles. The number of amides is 1. The van der Waals surface area contributed by atoms with Crippen LogP contribution >= 0.6 is 0 Å². The molecule has 4 nitrogen and oxygen atoms in total. The van der Waals surface area contributed by atoms with Gasteiger partial charge in [-0.15, -0.1) is 0 Å². The summed E-state index contributed by atoms with van der Waals surface area (Å²) in [6.45, 7) is 7.50. The zero-order valence-electron chi connectivity index (χ0n) is 14.5. The number of nitrogens with one attached hydrogen (secondary N) is 1. The van der Waals surface area contributed by atoms with Gasteiger partial charge in [0.15, 0.2) is 0 Å². The first-order valence-corrected chi connectivity index (χ1v) is 7.93. The third-order valence-corrected chi connectivity index (χ3v) is 3.46. The summed E-state index contributed by atoms with van der Waals surface area (Å²) < 4.78 is 10.7. The van der Waals surface area contributed by atoms with Crippen LogP contribution in [0.1, 0.15) is 44.7 Å². The topological polar surface area (TPSA) is 47.6 Å². The van der Waals surface area contributed by atoms with Crippen molar-refractivity contribution in [2.75, 3.05) is 12.4 Å². The second kappa shape index (κ2) is 7.06. The largest absolute Gasteiger partial charge is 0.444 e. The number of ether oxygens (including phenoxy) is 2. The molecule has 1 N–H and O–H groups in total. The number of aryl methyl sites for hydroxylation is 1. The van der Waals surface area contributed by atoms with Crippen LogP contribution in [0.15, 0.2) is 18.2 Å². The van der Waals surface area contributed by atoms with E-state index in [2.05, 4.69) is 17.2 Å². The highest BCUT2D eigenvalue weighted by Crippen LogP contribution is 2.33. The highest BCUT2D eigenvalue weighted by atomic mass is 16.6. The Hall–Kier alpha value is -1.99. The molecule has 1 atom stereocenters. The quantitative estimate of drug-likeness (QED) is 0.854. The van der Waals surface area contributed by atoms with Crippen molar-refractivity contribution in [3.8, 4) is 11.8 Å². The summed E-state index contributed by atoms with van der Waals surface area (Å²) in [5.74, 6) is 6.86. The van der Waals surface area contributed by atoms with Gasteiger partial charge in [-0.1, -0.05) is 17.9 Å². The lowest BCUT2D eigenvalue weighted by atomic mass is 10.1. The van der Waals surface area contributed by atoms with Gasteiger partial charge in [0.2, 0.25) is 0 Å². The van der Waals surface area contributed by atoms with E-state index >= 15 is 0 Å². The average molecular weight is 315 g/mol. The van der Waals surface area contributed by atoms with Crippen molar-refractivity contribution in [3.63, 3.8) is 0 Å². The summed E-state index contributed by atoms with van der Waals surface area (Å²) in [5.41, 5.74) is 1.99. The summed E-state index contributed by atoms with van der Waals surface area (Å²) in [6, 6.07) is 5.74. The first-order valence-electron chi connectivity index (χ1n) is 7.93. The molecule has 1 saturated carbocycles. The minimum atomic E-state index is -0.534. The molecule has 0 radical (unpaired) electrons. The van der Waals surface area contributed by atoms with E-state index in [9.17, 15) is 4.79 Å². The monoisotopic (exact) mass is 315 g/mol. The minimum Gasteiger partial charge on any atom is -0.444 e. The van der Waals surface area contributed by atoms with Gasteiger partial charge in [-0.2, -0.15) is 0 Å². The fourth-order valence-corrected chi connectivity index (χ4v) is 2.20. The Labute approximate surface area is 138 Å². The predicted molar refractivity (Wildman–Crippen MR) is 91.4 cm³/mol. The highest BCUT2D eigenvalue weighted by molar-refractivity contribution is 5.87. The molecule has 0 bridgehead atoms. The van der Waals surface area contributed by atoms with E-state index in [4.69, 9.17) is 9.47 Å². The third kappa shape index (κ3) is 5.61. The molecule has 1 aliphatic rings. The molecule has 1 aromatic rings. The van der Waals surface area contributed by atoms with E-state index in [1.165, 1.54) is 12.8 Å². The Balaban J connectivity index is 2.17. The van der Waals surface area contributed by atoms with Crippen LogP contribution in [0.2, 0.25) is 0 Å². The standard InChI is InChI=1S/C19H25NO3/c1-13-6-10-16(20-18(21)23-19(2,3)4)15(12-13)9-11-17(22-5)14-7-8-14/h6,10,12,14,17H,7-8H2,1-5H3,(H,20,21). The number of anilines is 1. The van der Waals surface area contributed by atoms with Crippen molar-refractivity contribution in [1.29, 1.82) is 0 Å². The lowest BCUT2D eigenvalue weighted by Gasteiger charge is -2.20. The molecule has 0 aliphatic heterocycles. The van der Waals surface area contributed by atoms with Gasteiger partial charge in [0.05, 0.1) is 5.69 Å². The van der Waals surface area contributed by atoms with Crippen molar-refractivity contribution < 1.29 is 14.3 Å².